The van der Waals surface area contributed by atoms with Crippen LogP contribution in [0.2, 0.25) is 0 Å². The quantitative estimate of drug-likeness (QED) is 0.756. The Kier molecular flexibility index (Phi) is 6.41. The highest BCUT2D eigenvalue weighted by Crippen LogP contribution is 2.18. The van der Waals surface area contributed by atoms with E-state index in [1.807, 2.05) is 6.07 Å². The van der Waals surface area contributed by atoms with E-state index in [9.17, 15) is 4.79 Å². The average molecular weight is 298 g/mol. The van der Waals surface area contributed by atoms with Gasteiger partial charge in [-0.2, -0.15) is 0 Å². The van der Waals surface area contributed by atoms with Crippen LogP contribution in [0.25, 0.3) is 0 Å². The first-order valence-electron chi connectivity index (χ1n) is 6.29. The van der Waals surface area contributed by atoms with Crippen LogP contribution in [0.3, 0.4) is 0 Å². The second-order valence-corrected chi connectivity index (χ2v) is 5.34. The van der Waals surface area contributed by atoms with Crippen LogP contribution in [0.5, 0.6) is 0 Å². The molecule has 0 radical (unpaired) electrons. The molecule has 94 valence electrons. The van der Waals surface area contributed by atoms with Gasteiger partial charge in [-0.05, 0) is 40.4 Å². The van der Waals surface area contributed by atoms with Gasteiger partial charge in [0, 0.05) is 29.2 Å². The van der Waals surface area contributed by atoms with Crippen molar-refractivity contribution in [1.29, 1.82) is 0 Å². The Morgan fingerprint density at radius 2 is 1.94 bits per heavy atom. The standard InChI is InChI=1S/C14H20BrNO/c1-3-5-12(6-4-2)14(17)8-11-7-13(15)10-16-9-11/h7,9-10,12H,3-6,8H2,1-2H3. The molecular formula is C14H20BrNO. The average Bonchev–Trinajstić information content (AvgIpc) is 2.28. The maximum absolute atomic E-state index is 12.2. The molecule has 1 heterocycles. The predicted octanol–water partition coefficient (Wildman–Crippen LogP) is 4.17. The summed E-state index contributed by atoms with van der Waals surface area (Å²) < 4.78 is 0.935. The van der Waals surface area contributed by atoms with E-state index in [-0.39, 0.29) is 5.92 Å². The maximum atomic E-state index is 12.2. The highest BCUT2D eigenvalue weighted by molar-refractivity contribution is 9.10. The summed E-state index contributed by atoms with van der Waals surface area (Å²) in [5, 5.41) is 0. The molecule has 0 saturated carbocycles. The summed E-state index contributed by atoms with van der Waals surface area (Å²) in [5.41, 5.74) is 1.00. The monoisotopic (exact) mass is 297 g/mol. The zero-order valence-electron chi connectivity index (χ0n) is 10.6. The largest absolute Gasteiger partial charge is 0.299 e. The molecule has 1 rings (SSSR count). The van der Waals surface area contributed by atoms with Gasteiger partial charge in [0.15, 0.2) is 0 Å². The minimum Gasteiger partial charge on any atom is -0.299 e. The minimum atomic E-state index is 0.226. The molecule has 0 saturated heterocycles. The van der Waals surface area contributed by atoms with Gasteiger partial charge in [0.25, 0.3) is 0 Å². The van der Waals surface area contributed by atoms with Crippen molar-refractivity contribution < 1.29 is 4.79 Å². The van der Waals surface area contributed by atoms with E-state index in [1.165, 1.54) is 0 Å². The van der Waals surface area contributed by atoms with Crippen molar-refractivity contribution in [3.05, 3.63) is 28.5 Å². The number of rotatable bonds is 7. The summed E-state index contributed by atoms with van der Waals surface area (Å²) in [5.74, 6) is 0.581. The van der Waals surface area contributed by atoms with Crippen LogP contribution >= 0.6 is 15.9 Å². The molecule has 2 nitrogen and oxygen atoms in total. The van der Waals surface area contributed by atoms with Crippen LogP contribution in [-0.4, -0.2) is 10.8 Å². The number of ketones is 1. The van der Waals surface area contributed by atoms with Crippen molar-refractivity contribution in [2.45, 2.75) is 46.0 Å². The lowest BCUT2D eigenvalue weighted by molar-refractivity contribution is -0.122. The van der Waals surface area contributed by atoms with Gasteiger partial charge in [0.1, 0.15) is 5.78 Å². The first kappa shape index (κ1) is 14.4. The number of carbonyl (C=O) groups is 1. The molecule has 0 fully saturated rings. The summed E-state index contributed by atoms with van der Waals surface area (Å²) in [6.45, 7) is 4.27. The normalized spacial score (nSPS) is 10.8. The second-order valence-electron chi connectivity index (χ2n) is 4.43. The molecule has 0 atom stereocenters. The third kappa shape index (κ3) is 4.99. The number of pyridine rings is 1. The Morgan fingerprint density at radius 1 is 1.29 bits per heavy atom. The summed E-state index contributed by atoms with van der Waals surface area (Å²) in [7, 11) is 0. The summed E-state index contributed by atoms with van der Waals surface area (Å²) in [6, 6.07) is 1.97. The summed E-state index contributed by atoms with van der Waals surface area (Å²) >= 11 is 3.38. The van der Waals surface area contributed by atoms with Crippen LogP contribution in [0.4, 0.5) is 0 Å². The molecule has 0 aromatic carbocycles. The molecule has 0 amide bonds. The number of carbonyl (C=O) groups excluding carboxylic acids is 1. The Balaban J connectivity index is 2.62. The van der Waals surface area contributed by atoms with Gasteiger partial charge in [-0.25, -0.2) is 0 Å². The van der Waals surface area contributed by atoms with Crippen LogP contribution in [-0.2, 0) is 11.2 Å². The maximum Gasteiger partial charge on any atom is 0.140 e. The van der Waals surface area contributed by atoms with E-state index in [1.54, 1.807) is 12.4 Å². The van der Waals surface area contributed by atoms with Gasteiger partial charge in [-0.1, -0.05) is 26.7 Å². The Morgan fingerprint density at radius 3 is 2.47 bits per heavy atom. The number of Topliss-reactive ketones (excluding diaryl/α,β-unsaturated/α-hetero) is 1. The molecule has 0 aliphatic carbocycles. The molecule has 0 aliphatic rings. The SMILES string of the molecule is CCCC(CCC)C(=O)Cc1cncc(Br)c1. The smallest absolute Gasteiger partial charge is 0.140 e. The lowest BCUT2D eigenvalue weighted by Gasteiger charge is -2.13. The number of aromatic nitrogens is 1. The van der Waals surface area contributed by atoms with Crippen molar-refractivity contribution >= 4 is 21.7 Å². The third-order valence-corrected chi connectivity index (χ3v) is 3.30. The molecule has 1 aromatic heterocycles. The number of halogens is 1. The molecule has 1 aromatic rings. The lowest BCUT2D eigenvalue weighted by atomic mass is 9.90. The first-order valence-corrected chi connectivity index (χ1v) is 7.08. The van der Waals surface area contributed by atoms with Crippen molar-refractivity contribution in [3.63, 3.8) is 0 Å². The van der Waals surface area contributed by atoms with Gasteiger partial charge in [0.05, 0.1) is 0 Å². The Labute approximate surface area is 112 Å². The van der Waals surface area contributed by atoms with Crippen LogP contribution in [0, 0.1) is 5.92 Å². The van der Waals surface area contributed by atoms with E-state index in [0.29, 0.717) is 12.2 Å². The van der Waals surface area contributed by atoms with Crippen molar-refractivity contribution in [2.75, 3.05) is 0 Å². The Bertz CT molecular complexity index is 359. The Hall–Kier alpha value is -0.700. The predicted molar refractivity (Wildman–Crippen MR) is 74.0 cm³/mol. The molecule has 17 heavy (non-hydrogen) atoms. The zero-order chi connectivity index (χ0) is 12.7. The fourth-order valence-corrected chi connectivity index (χ4v) is 2.47. The third-order valence-electron chi connectivity index (χ3n) is 2.87. The molecule has 0 spiro atoms. The van der Waals surface area contributed by atoms with E-state index in [0.717, 1.165) is 35.7 Å². The van der Waals surface area contributed by atoms with Gasteiger partial charge < -0.3 is 0 Å². The van der Waals surface area contributed by atoms with Crippen LogP contribution < -0.4 is 0 Å². The van der Waals surface area contributed by atoms with E-state index < -0.39 is 0 Å². The number of hydrogen-bond acceptors (Lipinski definition) is 2. The van der Waals surface area contributed by atoms with Gasteiger partial charge in [-0.15, -0.1) is 0 Å². The fourth-order valence-electron chi connectivity index (χ4n) is 2.06. The molecule has 0 unspecified atom stereocenters. The van der Waals surface area contributed by atoms with Crippen LogP contribution in [0.15, 0.2) is 22.9 Å². The lowest BCUT2D eigenvalue weighted by Crippen LogP contribution is -2.16. The topological polar surface area (TPSA) is 30.0 Å². The summed E-state index contributed by atoms with van der Waals surface area (Å²) in [4.78, 5) is 16.3. The molecule has 0 aliphatic heterocycles. The van der Waals surface area contributed by atoms with Gasteiger partial charge in [-0.3, -0.25) is 9.78 Å². The first-order chi connectivity index (χ1) is 8.17. The molecule has 3 heteroatoms. The summed E-state index contributed by atoms with van der Waals surface area (Å²) in [6.07, 6.45) is 8.20. The van der Waals surface area contributed by atoms with Gasteiger partial charge in [0.2, 0.25) is 0 Å². The fraction of sp³-hybridized carbons (Fsp3) is 0.571. The number of hydrogen-bond donors (Lipinski definition) is 0. The molecule has 0 bridgehead atoms. The molecular weight excluding hydrogens is 278 g/mol. The van der Waals surface area contributed by atoms with Crippen molar-refractivity contribution in [1.82, 2.24) is 4.98 Å². The van der Waals surface area contributed by atoms with E-state index in [4.69, 9.17) is 0 Å². The van der Waals surface area contributed by atoms with E-state index in [2.05, 4.69) is 34.8 Å². The second kappa shape index (κ2) is 7.59. The molecule has 0 N–H and O–H groups in total. The van der Waals surface area contributed by atoms with Gasteiger partial charge >= 0.3 is 0 Å². The minimum absolute atomic E-state index is 0.226. The highest BCUT2D eigenvalue weighted by Gasteiger charge is 2.16. The van der Waals surface area contributed by atoms with Crippen molar-refractivity contribution in [3.8, 4) is 0 Å². The van der Waals surface area contributed by atoms with E-state index >= 15 is 0 Å². The van der Waals surface area contributed by atoms with Crippen molar-refractivity contribution in [2.24, 2.45) is 5.92 Å². The zero-order valence-corrected chi connectivity index (χ0v) is 12.2. The highest BCUT2D eigenvalue weighted by atomic mass is 79.9. The number of nitrogens with zero attached hydrogens (tertiary/aromatic N) is 1. The van der Waals surface area contributed by atoms with Crippen LogP contribution in [0.1, 0.15) is 45.1 Å².